The molecule has 0 bridgehead atoms. The number of aryl methyl sites for hydroxylation is 2. The van der Waals surface area contributed by atoms with Gasteiger partial charge in [0, 0.05) is 18.3 Å². The number of benzene rings is 1. The summed E-state index contributed by atoms with van der Waals surface area (Å²) < 4.78 is 1.89. The van der Waals surface area contributed by atoms with Gasteiger partial charge in [-0.2, -0.15) is 5.10 Å². The maximum Gasteiger partial charge on any atom is 0.0817 e. The Hall–Kier alpha value is -1.61. The Morgan fingerprint density at radius 1 is 1.29 bits per heavy atom. The minimum atomic E-state index is -0.388. The molecule has 3 heteroatoms. The zero-order valence-corrected chi connectivity index (χ0v) is 10.1. The SMILES string of the molecule is CC[C@H](O)c1cnn(CCc2ccccc2)c1. The number of hydrogen-bond acceptors (Lipinski definition) is 2. The summed E-state index contributed by atoms with van der Waals surface area (Å²) >= 11 is 0. The van der Waals surface area contributed by atoms with E-state index in [0.29, 0.717) is 0 Å². The number of aliphatic hydroxyl groups excluding tert-OH is 1. The first kappa shape index (κ1) is 11.9. The average Bonchev–Trinajstić information content (AvgIpc) is 2.85. The number of hydrogen-bond donors (Lipinski definition) is 1. The van der Waals surface area contributed by atoms with Gasteiger partial charge in [0.2, 0.25) is 0 Å². The van der Waals surface area contributed by atoms with E-state index in [-0.39, 0.29) is 6.10 Å². The largest absolute Gasteiger partial charge is 0.388 e. The Morgan fingerprint density at radius 3 is 2.76 bits per heavy atom. The van der Waals surface area contributed by atoms with Gasteiger partial charge in [-0.05, 0) is 18.4 Å². The van der Waals surface area contributed by atoms with Crippen LogP contribution in [0.1, 0.15) is 30.6 Å². The van der Waals surface area contributed by atoms with Crippen LogP contribution in [0.15, 0.2) is 42.7 Å². The van der Waals surface area contributed by atoms with E-state index in [1.165, 1.54) is 5.56 Å². The summed E-state index contributed by atoms with van der Waals surface area (Å²) in [5.74, 6) is 0. The van der Waals surface area contributed by atoms with Crippen LogP contribution in [0.2, 0.25) is 0 Å². The molecule has 1 aromatic heterocycles. The first-order valence-electron chi connectivity index (χ1n) is 6.04. The molecule has 1 N–H and O–H groups in total. The van der Waals surface area contributed by atoms with Gasteiger partial charge in [0.15, 0.2) is 0 Å². The Labute approximate surface area is 102 Å². The maximum absolute atomic E-state index is 9.67. The van der Waals surface area contributed by atoms with Crippen LogP contribution in [0.25, 0.3) is 0 Å². The lowest BCUT2D eigenvalue weighted by Gasteiger charge is -2.03. The smallest absolute Gasteiger partial charge is 0.0817 e. The molecule has 0 radical (unpaired) electrons. The highest BCUT2D eigenvalue weighted by molar-refractivity contribution is 5.15. The number of nitrogens with zero attached hydrogens (tertiary/aromatic N) is 2. The van der Waals surface area contributed by atoms with Crippen LogP contribution in [-0.4, -0.2) is 14.9 Å². The van der Waals surface area contributed by atoms with Gasteiger partial charge in [0.25, 0.3) is 0 Å². The predicted octanol–water partition coefficient (Wildman–Crippen LogP) is 2.57. The molecule has 0 amide bonds. The molecule has 1 heterocycles. The fourth-order valence-electron chi connectivity index (χ4n) is 1.80. The number of rotatable bonds is 5. The van der Waals surface area contributed by atoms with Gasteiger partial charge in [-0.1, -0.05) is 37.3 Å². The normalized spacial score (nSPS) is 12.6. The van der Waals surface area contributed by atoms with Gasteiger partial charge < -0.3 is 5.11 Å². The summed E-state index contributed by atoms with van der Waals surface area (Å²) in [7, 11) is 0. The van der Waals surface area contributed by atoms with Gasteiger partial charge in [-0.3, -0.25) is 4.68 Å². The van der Waals surface area contributed by atoms with Crippen LogP contribution in [0.5, 0.6) is 0 Å². The summed E-state index contributed by atoms with van der Waals surface area (Å²) in [6, 6.07) is 10.3. The van der Waals surface area contributed by atoms with E-state index in [9.17, 15) is 5.11 Å². The second-order valence-corrected chi connectivity index (χ2v) is 4.20. The third-order valence-electron chi connectivity index (χ3n) is 2.90. The highest BCUT2D eigenvalue weighted by Gasteiger charge is 2.07. The molecule has 0 unspecified atom stereocenters. The zero-order valence-electron chi connectivity index (χ0n) is 10.1. The average molecular weight is 230 g/mol. The van der Waals surface area contributed by atoms with Crippen LogP contribution < -0.4 is 0 Å². The number of aromatic nitrogens is 2. The molecular formula is C14H18N2O. The third kappa shape index (κ3) is 3.17. The van der Waals surface area contributed by atoms with E-state index in [0.717, 1.165) is 24.9 Å². The van der Waals surface area contributed by atoms with Crippen LogP contribution in [0.3, 0.4) is 0 Å². The lowest BCUT2D eigenvalue weighted by Crippen LogP contribution is -2.01. The molecular weight excluding hydrogens is 212 g/mol. The molecule has 17 heavy (non-hydrogen) atoms. The van der Waals surface area contributed by atoms with Crippen LogP contribution in [0, 0.1) is 0 Å². The maximum atomic E-state index is 9.67. The van der Waals surface area contributed by atoms with Crippen LogP contribution >= 0.6 is 0 Å². The van der Waals surface area contributed by atoms with Crippen molar-refractivity contribution < 1.29 is 5.11 Å². The lowest BCUT2D eigenvalue weighted by molar-refractivity contribution is 0.173. The van der Waals surface area contributed by atoms with Gasteiger partial charge in [-0.15, -0.1) is 0 Å². The molecule has 0 fully saturated rings. The van der Waals surface area contributed by atoms with E-state index in [1.807, 2.05) is 36.0 Å². The summed E-state index contributed by atoms with van der Waals surface area (Å²) in [4.78, 5) is 0. The van der Waals surface area contributed by atoms with E-state index >= 15 is 0 Å². The zero-order chi connectivity index (χ0) is 12.1. The van der Waals surface area contributed by atoms with Crippen molar-refractivity contribution in [1.82, 2.24) is 9.78 Å². The molecule has 0 aliphatic rings. The fourth-order valence-corrected chi connectivity index (χ4v) is 1.80. The van der Waals surface area contributed by atoms with E-state index < -0.39 is 0 Å². The second kappa shape index (κ2) is 5.64. The first-order chi connectivity index (χ1) is 8.29. The van der Waals surface area contributed by atoms with Crippen molar-refractivity contribution in [2.24, 2.45) is 0 Å². The molecule has 2 aromatic rings. The Bertz CT molecular complexity index is 450. The van der Waals surface area contributed by atoms with Crippen molar-refractivity contribution >= 4 is 0 Å². The monoisotopic (exact) mass is 230 g/mol. The van der Waals surface area contributed by atoms with Crippen molar-refractivity contribution in [3.63, 3.8) is 0 Å². The molecule has 0 saturated heterocycles. The van der Waals surface area contributed by atoms with Gasteiger partial charge in [-0.25, -0.2) is 0 Å². The van der Waals surface area contributed by atoms with Crippen molar-refractivity contribution in [2.45, 2.75) is 32.4 Å². The second-order valence-electron chi connectivity index (χ2n) is 4.20. The fraction of sp³-hybridized carbons (Fsp3) is 0.357. The molecule has 2 rings (SSSR count). The molecule has 0 spiro atoms. The third-order valence-corrected chi connectivity index (χ3v) is 2.90. The van der Waals surface area contributed by atoms with Crippen molar-refractivity contribution in [3.05, 3.63) is 53.9 Å². The highest BCUT2D eigenvalue weighted by atomic mass is 16.3. The summed E-state index contributed by atoms with van der Waals surface area (Å²) in [6.07, 6.45) is 4.98. The topological polar surface area (TPSA) is 38.1 Å². The lowest BCUT2D eigenvalue weighted by atomic mass is 10.1. The minimum Gasteiger partial charge on any atom is -0.388 e. The van der Waals surface area contributed by atoms with Crippen LogP contribution in [0.4, 0.5) is 0 Å². The van der Waals surface area contributed by atoms with Gasteiger partial charge >= 0.3 is 0 Å². The molecule has 0 saturated carbocycles. The molecule has 90 valence electrons. The van der Waals surface area contributed by atoms with Crippen molar-refractivity contribution in [2.75, 3.05) is 0 Å². The van der Waals surface area contributed by atoms with Gasteiger partial charge in [0.05, 0.1) is 12.3 Å². The highest BCUT2D eigenvalue weighted by Crippen LogP contribution is 2.14. The Morgan fingerprint density at radius 2 is 2.06 bits per heavy atom. The summed E-state index contributed by atoms with van der Waals surface area (Å²) in [6.45, 7) is 2.81. The Balaban J connectivity index is 1.94. The van der Waals surface area contributed by atoms with Gasteiger partial charge in [0.1, 0.15) is 0 Å². The van der Waals surface area contributed by atoms with Crippen LogP contribution in [-0.2, 0) is 13.0 Å². The van der Waals surface area contributed by atoms with Crippen molar-refractivity contribution in [1.29, 1.82) is 0 Å². The van der Waals surface area contributed by atoms with Crippen molar-refractivity contribution in [3.8, 4) is 0 Å². The summed E-state index contributed by atoms with van der Waals surface area (Å²) in [5, 5.41) is 13.9. The molecule has 3 nitrogen and oxygen atoms in total. The Kier molecular flexibility index (Phi) is 3.94. The quantitative estimate of drug-likeness (QED) is 0.857. The molecule has 0 aliphatic carbocycles. The minimum absolute atomic E-state index is 0.388. The van der Waals surface area contributed by atoms with E-state index in [1.54, 1.807) is 6.20 Å². The molecule has 0 aliphatic heterocycles. The molecule has 1 aromatic carbocycles. The standard InChI is InChI=1S/C14H18N2O/c1-2-14(17)13-10-15-16(11-13)9-8-12-6-4-3-5-7-12/h3-7,10-11,14,17H,2,8-9H2,1H3/t14-/m0/s1. The first-order valence-corrected chi connectivity index (χ1v) is 6.04. The van der Waals surface area contributed by atoms with E-state index in [2.05, 4.69) is 17.2 Å². The summed E-state index contributed by atoms with van der Waals surface area (Å²) in [5.41, 5.74) is 2.21. The molecule has 1 atom stereocenters. The van der Waals surface area contributed by atoms with E-state index in [4.69, 9.17) is 0 Å². The predicted molar refractivity (Wildman–Crippen MR) is 67.6 cm³/mol. The number of aliphatic hydroxyl groups is 1.